The van der Waals surface area contributed by atoms with Crippen LogP contribution < -0.4 is 5.32 Å². The second-order valence-electron chi connectivity index (χ2n) is 3.37. The molecule has 0 bridgehead atoms. The van der Waals surface area contributed by atoms with E-state index in [9.17, 15) is 4.79 Å². The molecule has 0 heterocycles. The van der Waals surface area contributed by atoms with Crippen LogP contribution in [0.3, 0.4) is 0 Å². The van der Waals surface area contributed by atoms with Crippen molar-refractivity contribution in [2.24, 2.45) is 0 Å². The Balaban J connectivity index is 0. The summed E-state index contributed by atoms with van der Waals surface area (Å²) in [4.78, 5) is 9.70. The smallest absolute Gasteiger partial charge is 0.293 e. The van der Waals surface area contributed by atoms with E-state index in [0.717, 1.165) is 13.0 Å². The summed E-state index contributed by atoms with van der Waals surface area (Å²) in [5, 5.41) is 3.21. The van der Waals surface area contributed by atoms with Gasteiger partial charge in [-0.1, -0.05) is 50.7 Å². The Labute approximate surface area is 105 Å². The maximum atomic E-state index is 9.70. The van der Waals surface area contributed by atoms with E-state index < -0.39 is 0 Å². The molecule has 1 aromatic carbocycles. The van der Waals surface area contributed by atoms with Crippen LogP contribution in [0.15, 0.2) is 36.4 Å². The van der Waals surface area contributed by atoms with Gasteiger partial charge in [-0.25, -0.2) is 0 Å². The van der Waals surface area contributed by atoms with Gasteiger partial charge in [0.05, 0.1) is 6.61 Å². The Kier molecular flexibility index (Phi) is 15.5. The summed E-state index contributed by atoms with van der Waals surface area (Å²) in [5.74, 6) is 0. The molecule has 0 radical (unpaired) electrons. The highest BCUT2D eigenvalue weighted by molar-refractivity contribution is 5.36. The van der Waals surface area contributed by atoms with Gasteiger partial charge in [-0.05, 0) is 19.9 Å². The Bertz CT molecular complexity index is 213. The van der Waals surface area contributed by atoms with Crippen molar-refractivity contribution in [2.45, 2.75) is 33.7 Å². The maximum absolute atomic E-state index is 9.70. The summed E-state index contributed by atoms with van der Waals surface area (Å²) in [6, 6.07) is 12.4. The van der Waals surface area contributed by atoms with E-state index in [1.165, 1.54) is 0 Å². The number of ether oxygens (including phenoxy) is 1. The first-order chi connectivity index (χ1) is 7.81. The van der Waals surface area contributed by atoms with Gasteiger partial charge in [0.25, 0.3) is 6.47 Å². The molecule has 1 rings (SSSR count). The lowest BCUT2D eigenvalue weighted by Gasteiger charge is -2.09. The molecule has 0 aliphatic heterocycles. The maximum Gasteiger partial charge on any atom is 0.293 e. The molecule has 3 heteroatoms. The van der Waals surface area contributed by atoms with Crippen LogP contribution in [-0.4, -0.2) is 25.7 Å². The van der Waals surface area contributed by atoms with E-state index in [0.29, 0.717) is 19.1 Å². The Hall–Kier alpha value is -1.35. The van der Waals surface area contributed by atoms with E-state index in [4.69, 9.17) is 0 Å². The highest BCUT2D eigenvalue weighted by Crippen LogP contribution is 1.88. The number of rotatable bonds is 6. The summed E-state index contributed by atoms with van der Waals surface area (Å²) in [7, 11) is 0. The molecule has 1 unspecified atom stereocenters. The average Bonchev–Trinajstić information content (AvgIpc) is 2.33. The van der Waals surface area contributed by atoms with E-state index in [2.05, 4.69) is 23.9 Å². The molecule has 0 spiro atoms. The molecule has 0 saturated carbocycles. The lowest BCUT2D eigenvalue weighted by atomic mass is 10.2. The molecule has 98 valence electrons. The molecule has 0 aliphatic rings. The monoisotopic (exact) mass is 239 g/mol. The normalized spacial score (nSPS) is 10.2. The van der Waals surface area contributed by atoms with Crippen LogP contribution in [0.5, 0.6) is 0 Å². The predicted octanol–water partition coefficient (Wildman–Crippen LogP) is 2.87. The van der Waals surface area contributed by atoms with Crippen LogP contribution in [-0.2, 0) is 9.53 Å². The summed E-state index contributed by atoms with van der Waals surface area (Å²) in [6.45, 7) is 6.08. The van der Waals surface area contributed by atoms with E-state index in [1.54, 1.807) is 0 Å². The highest BCUT2D eigenvalue weighted by atomic mass is 16.5. The van der Waals surface area contributed by atoms with Gasteiger partial charge in [-0.3, -0.25) is 4.79 Å². The first-order valence-corrected chi connectivity index (χ1v) is 5.60. The van der Waals surface area contributed by atoms with Crippen LogP contribution >= 0.6 is 0 Å². The van der Waals surface area contributed by atoms with Crippen molar-refractivity contribution in [2.75, 3.05) is 13.2 Å². The molecule has 0 fully saturated rings. The zero-order chi connectivity index (χ0) is 12.1. The van der Waals surface area contributed by atoms with Crippen LogP contribution in [0.1, 0.15) is 27.7 Å². The standard InChI is InChI=1S/C7H15NO2.C6H6.CH4/c1-3-8-7(2)4-5-10-6-9;1-2-4-6-5-3-1;/h6-8H,3-5H2,1-2H3;1-6H;1H4. The quantitative estimate of drug-likeness (QED) is 0.613. The van der Waals surface area contributed by atoms with Crippen LogP contribution in [0.4, 0.5) is 0 Å². The number of carbonyl (C=O) groups is 1. The fourth-order valence-corrected chi connectivity index (χ4v) is 1.13. The molecule has 0 saturated heterocycles. The van der Waals surface area contributed by atoms with E-state index in [1.807, 2.05) is 36.4 Å². The molecule has 3 nitrogen and oxygen atoms in total. The number of nitrogens with one attached hydrogen (secondary N) is 1. The Morgan fingerprint density at radius 2 is 1.65 bits per heavy atom. The molecule has 1 atom stereocenters. The van der Waals surface area contributed by atoms with Gasteiger partial charge in [0.1, 0.15) is 0 Å². The molecule has 0 amide bonds. The summed E-state index contributed by atoms with van der Waals surface area (Å²) in [5.41, 5.74) is 0. The van der Waals surface area contributed by atoms with E-state index >= 15 is 0 Å². The Morgan fingerprint density at radius 1 is 1.18 bits per heavy atom. The third-order valence-corrected chi connectivity index (χ3v) is 1.96. The molecule has 0 aliphatic carbocycles. The lowest BCUT2D eigenvalue weighted by molar-refractivity contribution is -0.128. The number of carbonyl (C=O) groups excluding carboxylic acids is 1. The van der Waals surface area contributed by atoms with Crippen LogP contribution in [0.25, 0.3) is 0 Å². The minimum Gasteiger partial charge on any atom is -0.468 e. The zero-order valence-electron chi connectivity index (χ0n) is 10.1. The summed E-state index contributed by atoms with van der Waals surface area (Å²) < 4.78 is 4.53. The van der Waals surface area contributed by atoms with Gasteiger partial charge in [0.15, 0.2) is 0 Å². The van der Waals surface area contributed by atoms with Crippen molar-refractivity contribution in [1.29, 1.82) is 0 Å². The highest BCUT2D eigenvalue weighted by Gasteiger charge is 1.97. The predicted molar refractivity (Wildman–Crippen MR) is 72.9 cm³/mol. The third kappa shape index (κ3) is 14.7. The SMILES string of the molecule is C.CCNC(C)CCOC=O.c1ccccc1. The van der Waals surface area contributed by atoms with Crippen molar-refractivity contribution in [3.05, 3.63) is 36.4 Å². The molecule has 0 aromatic heterocycles. The van der Waals surface area contributed by atoms with Gasteiger partial charge in [0, 0.05) is 6.04 Å². The van der Waals surface area contributed by atoms with Gasteiger partial charge in [-0.15, -0.1) is 0 Å². The second kappa shape index (κ2) is 14.6. The van der Waals surface area contributed by atoms with Gasteiger partial charge < -0.3 is 10.1 Å². The molecule has 1 aromatic rings. The lowest BCUT2D eigenvalue weighted by Crippen LogP contribution is -2.26. The fraction of sp³-hybridized carbons (Fsp3) is 0.500. The first-order valence-electron chi connectivity index (χ1n) is 5.60. The summed E-state index contributed by atoms with van der Waals surface area (Å²) >= 11 is 0. The van der Waals surface area contributed by atoms with Crippen molar-refractivity contribution in [1.82, 2.24) is 5.32 Å². The van der Waals surface area contributed by atoms with Gasteiger partial charge in [-0.2, -0.15) is 0 Å². The minimum atomic E-state index is 0. The van der Waals surface area contributed by atoms with Crippen molar-refractivity contribution < 1.29 is 9.53 Å². The van der Waals surface area contributed by atoms with Gasteiger partial charge >= 0.3 is 0 Å². The van der Waals surface area contributed by atoms with E-state index in [-0.39, 0.29) is 7.43 Å². The Morgan fingerprint density at radius 3 is 2.00 bits per heavy atom. The van der Waals surface area contributed by atoms with Crippen molar-refractivity contribution >= 4 is 6.47 Å². The van der Waals surface area contributed by atoms with Crippen LogP contribution in [0, 0.1) is 0 Å². The minimum absolute atomic E-state index is 0. The average molecular weight is 239 g/mol. The first kappa shape index (κ1) is 18.0. The summed E-state index contributed by atoms with van der Waals surface area (Å²) in [6.07, 6.45) is 0.882. The molecular formula is C14H25NO2. The van der Waals surface area contributed by atoms with Crippen molar-refractivity contribution in [3.8, 4) is 0 Å². The fourth-order valence-electron chi connectivity index (χ4n) is 1.13. The molecular weight excluding hydrogens is 214 g/mol. The molecule has 17 heavy (non-hydrogen) atoms. The van der Waals surface area contributed by atoms with Crippen LogP contribution in [0.2, 0.25) is 0 Å². The van der Waals surface area contributed by atoms with Crippen molar-refractivity contribution in [3.63, 3.8) is 0 Å². The molecule has 1 N–H and O–H groups in total. The largest absolute Gasteiger partial charge is 0.468 e. The topological polar surface area (TPSA) is 38.3 Å². The zero-order valence-corrected chi connectivity index (χ0v) is 10.1. The number of hydrogen-bond acceptors (Lipinski definition) is 3. The number of hydrogen-bond donors (Lipinski definition) is 1. The second-order valence-corrected chi connectivity index (χ2v) is 3.37. The third-order valence-electron chi connectivity index (χ3n) is 1.96. The van der Waals surface area contributed by atoms with Gasteiger partial charge in [0.2, 0.25) is 0 Å². The number of benzene rings is 1.